The Hall–Kier alpha value is -3.81. The first-order valence-corrected chi connectivity index (χ1v) is 15.1. The van der Waals surface area contributed by atoms with Crippen LogP contribution in [0.3, 0.4) is 0 Å². The van der Waals surface area contributed by atoms with E-state index in [-0.39, 0.29) is 17.7 Å². The molecule has 3 aromatic rings. The van der Waals surface area contributed by atoms with Crippen LogP contribution in [-0.2, 0) is 19.6 Å². The molecule has 0 spiro atoms. The maximum atomic E-state index is 13.6. The summed E-state index contributed by atoms with van der Waals surface area (Å²) < 4.78 is 33.2. The topological polar surface area (TPSA) is 140 Å². The van der Waals surface area contributed by atoms with Crippen LogP contribution in [0.2, 0.25) is 0 Å². The Labute approximate surface area is 235 Å². The van der Waals surface area contributed by atoms with E-state index in [0.717, 1.165) is 20.9 Å². The Balaban J connectivity index is 1.28. The van der Waals surface area contributed by atoms with Crippen molar-refractivity contribution < 1.29 is 32.3 Å². The first-order chi connectivity index (χ1) is 19.2. The average molecular weight is 585 g/mol. The van der Waals surface area contributed by atoms with E-state index in [1.165, 1.54) is 34.4 Å². The molecule has 0 bridgehead atoms. The van der Waals surface area contributed by atoms with Gasteiger partial charge in [0, 0.05) is 23.6 Å². The Kier molecular flexibility index (Phi) is 7.88. The van der Waals surface area contributed by atoms with Crippen molar-refractivity contribution in [3.05, 3.63) is 72.1 Å². The number of nitrogens with zero attached hydrogens (tertiary/aromatic N) is 3. The molecule has 1 aromatic carbocycles. The standard InChI is InChI=1S/C27H28N4O7S2/c1-2-8-19(28-27(34)38-24-13-12-22(39-24)18-9-4-3-5-10-18)26(33)29-16-14-20-25(29)21(32)17-31(20)40(36,37)23-11-6-7-15-30(23)35/h3-7,9-13,15,19-20,25H,2,8,14,16-17H2,1H3,(H,28,34). The minimum Gasteiger partial charge on any atom is -0.618 e. The zero-order valence-electron chi connectivity index (χ0n) is 21.6. The number of aromatic nitrogens is 1. The van der Waals surface area contributed by atoms with Crippen molar-refractivity contribution >= 4 is 39.1 Å². The van der Waals surface area contributed by atoms with E-state index in [0.29, 0.717) is 17.9 Å². The molecule has 2 aliphatic rings. The van der Waals surface area contributed by atoms with Crippen molar-refractivity contribution in [1.82, 2.24) is 14.5 Å². The zero-order valence-corrected chi connectivity index (χ0v) is 23.3. The molecular weight excluding hydrogens is 556 g/mol. The van der Waals surface area contributed by atoms with Crippen LogP contribution in [0.15, 0.2) is 71.9 Å². The van der Waals surface area contributed by atoms with Gasteiger partial charge in [-0.15, -0.1) is 0 Å². The van der Waals surface area contributed by atoms with E-state index < -0.39 is 57.5 Å². The number of pyridine rings is 1. The molecule has 3 unspecified atom stereocenters. The highest BCUT2D eigenvalue weighted by Gasteiger charge is 2.55. The van der Waals surface area contributed by atoms with Gasteiger partial charge in [-0.3, -0.25) is 9.59 Å². The summed E-state index contributed by atoms with van der Waals surface area (Å²) in [6, 6.07) is 14.4. The van der Waals surface area contributed by atoms with Gasteiger partial charge in [-0.25, -0.2) is 13.2 Å². The van der Waals surface area contributed by atoms with Gasteiger partial charge in [-0.1, -0.05) is 55.0 Å². The van der Waals surface area contributed by atoms with Crippen LogP contribution in [0.5, 0.6) is 5.06 Å². The van der Waals surface area contributed by atoms with E-state index in [4.69, 9.17) is 4.74 Å². The molecule has 2 saturated heterocycles. The molecule has 3 atom stereocenters. The largest absolute Gasteiger partial charge is 0.618 e. The lowest BCUT2D eigenvalue weighted by molar-refractivity contribution is -0.646. The fourth-order valence-electron chi connectivity index (χ4n) is 5.22. The summed E-state index contributed by atoms with van der Waals surface area (Å²) in [6.45, 7) is 1.56. The van der Waals surface area contributed by atoms with Crippen LogP contribution in [0.25, 0.3) is 10.4 Å². The second-order valence-electron chi connectivity index (χ2n) is 9.57. The van der Waals surface area contributed by atoms with E-state index in [2.05, 4.69) is 5.32 Å². The molecule has 4 heterocycles. The molecule has 1 N–H and O–H groups in total. The highest BCUT2D eigenvalue weighted by atomic mass is 32.2. The summed E-state index contributed by atoms with van der Waals surface area (Å²) in [4.78, 5) is 41.6. The minimum absolute atomic E-state index is 0.139. The summed E-state index contributed by atoms with van der Waals surface area (Å²) in [5.74, 6) is -0.911. The Morgan fingerprint density at radius 3 is 2.62 bits per heavy atom. The number of fused-ring (bicyclic) bond motifs is 1. The number of thiophene rings is 1. The molecule has 2 aromatic heterocycles. The monoisotopic (exact) mass is 584 g/mol. The van der Waals surface area contributed by atoms with Crippen LogP contribution >= 0.6 is 11.3 Å². The number of rotatable bonds is 8. The van der Waals surface area contributed by atoms with Gasteiger partial charge in [0.15, 0.2) is 17.0 Å². The molecule has 11 nitrogen and oxygen atoms in total. The quantitative estimate of drug-likeness (QED) is 0.317. The SMILES string of the molecule is CCCC(NC(=O)Oc1ccc(-c2ccccc2)s1)C(=O)N1CCC2C1C(=O)CN2S(=O)(=O)c1cccc[n+]1[O-]. The number of sulfonamides is 1. The summed E-state index contributed by atoms with van der Waals surface area (Å²) in [7, 11) is -4.27. The van der Waals surface area contributed by atoms with Gasteiger partial charge in [0.2, 0.25) is 5.91 Å². The molecule has 0 radical (unpaired) electrons. The third kappa shape index (κ3) is 5.31. The van der Waals surface area contributed by atoms with Crippen molar-refractivity contribution in [2.24, 2.45) is 0 Å². The van der Waals surface area contributed by atoms with Crippen molar-refractivity contribution in [1.29, 1.82) is 0 Å². The molecule has 0 saturated carbocycles. The first kappa shape index (κ1) is 27.7. The van der Waals surface area contributed by atoms with Crippen molar-refractivity contribution in [3.63, 3.8) is 0 Å². The molecule has 210 valence electrons. The lowest BCUT2D eigenvalue weighted by Gasteiger charge is -2.27. The molecule has 5 rings (SSSR count). The molecule has 2 fully saturated rings. The van der Waals surface area contributed by atoms with Gasteiger partial charge in [0.05, 0.1) is 12.6 Å². The molecule has 13 heteroatoms. The number of likely N-dealkylation sites (tertiary alicyclic amines) is 1. The second kappa shape index (κ2) is 11.4. The van der Waals surface area contributed by atoms with Crippen LogP contribution in [0.4, 0.5) is 4.79 Å². The summed E-state index contributed by atoms with van der Waals surface area (Å²) in [6.07, 6.45) is 1.38. The lowest BCUT2D eigenvalue weighted by Crippen LogP contribution is -2.53. The molecule has 40 heavy (non-hydrogen) atoms. The minimum atomic E-state index is -4.27. The lowest BCUT2D eigenvalue weighted by atomic mass is 10.1. The Morgan fingerprint density at radius 1 is 1.15 bits per heavy atom. The van der Waals surface area contributed by atoms with Crippen molar-refractivity contribution in [2.75, 3.05) is 13.1 Å². The number of Topliss-reactive ketones (excluding diaryl/α,β-unsaturated/α-hetero) is 1. The summed E-state index contributed by atoms with van der Waals surface area (Å²) in [5, 5.41) is 14.7. The van der Waals surface area contributed by atoms with Gasteiger partial charge in [-0.05, 0) is 36.6 Å². The van der Waals surface area contributed by atoms with Gasteiger partial charge in [-0.2, -0.15) is 9.04 Å². The molecule has 0 aliphatic carbocycles. The second-order valence-corrected chi connectivity index (χ2v) is 12.5. The van der Waals surface area contributed by atoms with Crippen LogP contribution in [0.1, 0.15) is 26.2 Å². The zero-order chi connectivity index (χ0) is 28.4. The smallest absolute Gasteiger partial charge is 0.414 e. The fourth-order valence-corrected chi connectivity index (χ4v) is 7.73. The van der Waals surface area contributed by atoms with Crippen LogP contribution < -0.4 is 14.8 Å². The highest BCUT2D eigenvalue weighted by Crippen LogP contribution is 2.35. The fraction of sp³-hybridized carbons (Fsp3) is 0.333. The number of ether oxygens (including phenoxy) is 1. The van der Waals surface area contributed by atoms with E-state index in [9.17, 15) is 28.0 Å². The van der Waals surface area contributed by atoms with E-state index >= 15 is 0 Å². The van der Waals surface area contributed by atoms with E-state index in [1.807, 2.05) is 43.3 Å². The van der Waals surface area contributed by atoms with Gasteiger partial charge >= 0.3 is 21.1 Å². The Morgan fingerprint density at radius 2 is 1.90 bits per heavy atom. The normalized spacial score (nSPS) is 19.8. The van der Waals surface area contributed by atoms with Gasteiger partial charge < -0.3 is 20.2 Å². The number of carbonyl (C=O) groups is 3. The number of benzene rings is 1. The summed E-state index contributed by atoms with van der Waals surface area (Å²) >= 11 is 1.29. The number of hydrogen-bond donors (Lipinski definition) is 1. The maximum Gasteiger partial charge on any atom is 0.414 e. The molecule has 2 amide bonds. The van der Waals surface area contributed by atoms with E-state index in [1.54, 1.807) is 6.07 Å². The number of hydrogen-bond acceptors (Lipinski definition) is 8. The van der Waals surface area contributed by atoms with Crippen molar-refractivity contribution in [2.45, 2.75) is 49.3 Å². The number of amides is 2. The van der Waals surface area contributed by atoms with Crippen LogP contribution in [-0.4, -0.2) is 66.6 Å². The van der Waals surface area contributed by atoms with Gasteiger partial charge in [0.25, 0.3) is 0 Å². The number of ketones is 1. The average Bonchev–Trinajstić information content (AvgIpc) is 3.66. The third-order valence-corrected chi connectivity index (χ3v) is 9.90. The maximum absolute atomic E-state index is 13.6. The molecular formula is C27H28N4O7S2. The number of carbonyl (C=O) groups excluding carboxylic acids is 3. The predicted molar refractivity (Wildman–Crippen MR) is 146 cm³/mol. The van der Waals surface area contributed by atoms with Gasteiger partial charge in [0.1, 0.15) is 12.1 Å². The highest BCUT2D eigenvalue weighted by molar-refractivity contribution is 7.89. The third-order valence-electron chi connectivity index (χ3n) is 7.02. The summed E-state index contributed by atoms with van der Waals surface area (Å²) in [5.41, 5.74) is 0.986. The van der Waals surface area contributed by atoms with Crippen LogP contribution in [0, 0.1) is 5.21 Å². The Bertz CT molecular complexity index is 1530. The number of nitrogens with one attached hydrogen (secondary N) is 1. The predicted octanol–water partition coefficient (Wildman–Crippen LogP) is 2.55. The van der Waals surface area contributed by atoms with Crippen molar-refractivity contribution in [3.8, 4) is 15.5 Å². The molecule has 2 aliphatic heterocycles. The first-order valence-electron chi connectivity index (χ1n) is 12.9.